The summed E-state index contributed by atoms with van der Waals surface area (Å²) < 4.78 is 93.9. The Bertz CT molecular complexity index is 3260. The minimum atomic E-state index is -0.582. The molecule has 7 aromatic rings. The zero-order valence-corrected chi connectivity index (χ0v) is 53.7. The van der Waals surface area contributed by atoms with Gasteiger partial charge in [0.1, 0.15) is 120 Å². The van der Waals surface area contributed by atoms with Crippen LogP contribution in [0.4, 0.5) is 0 Å². The number of fused-ring (bicyclic) bond motifs is 12. The van der Waals surface area contributed by atoms with Crippen molar-refractivity contribution < 1.29 is 75.8 Å². The van der Waals surface area contributed by atoms with Gasteiger partial charge in [0.2, 0.25) is 0 Å². The largest absolute Gasteiger partial charge is 0.493 e. The van der Waals surface area contributed by atoms with Crippen molar-refractivity contribution in [2.45, 2.75) is 91.0 Å². The molecule has 0 unspecified atom stereocenters. The molecule has 7 aromatic carbocycles. The predicted octanol–water partition coefficient (Wildman–Crippen LogP) is 17.0. The van der Waals surface area contributed by atoms with Crippen molar-refractivity contribution in [1.29, 1.82) is 0 Å². The first-order chi connectivity index (χ1) is 46.2. The summed E-state index contributed by atoms with van der Waals surface area (Å²) in [7, 11) is 1.32. The minimum absolute atomic E-state index is 0.0349. The molecule has 2 aliphatic rings. The van der Waals surface area contributed by atoms with E-state index < -0.39 is 5.97 Å². The molecule has 0 atom stereocenters. The van der Waals surface area contributed by atoms with E-state index >= 15 is 0 Å². The minimum Gasteiger partial charge on any atom is -0.493 e. The summed E-state index contributed by atoms with van der Waals surface area (Å²) in [6.07, 6.45) is 21.2. The lowest BCUT2D eigenvalue weighted by Crippen LogP contribution is -2.06. The lowest BCUT2D eigenvalue weighted by molar-refractivity contribution is 0.0599. The van der Waals surface area contributed by atoms with Crippen LogP contribution in [0.25, 0.3) is 0 Å². The summed E-state index contributed by atoms with van der Waals surface area (Å²) in [5, 5.41) is 0. The van der Waals surface area contributed by atoms with Gasteiger partial charge in [0.25, 0.3) is 0 Å². The molecule has 0 spiro atoms. The molecule has 0 aromatic heterocycles. The van der Waals surface area contributed by atoms with Gasteiger partial charge in [0.05, 0.1) is 65.5 Å². The third-order valence-corrected chi connectivity index (χ3v) is 14.3. The van der Waals surface area contributed by atoms with Crippen LogP contribution >= 0.6 is 0 Å². The molecule has 492 valence electrons. The zero-order chi connectivity index (χ0) is 65.4. The SMILES string of the molecule is C=CCCOc1cc2cc(c1)OCC/C=C/CCOc1cc(cc(OCCC=C)c1)COc1cc(COc3cc(OCc4cc5cc(c4)OCc4cc(OCCC=C)cc(c4)OCC/C=C/CCOc4cc(cc(OCCC=C)c4)CO5)cc(C(=O)OC)c3)cc(c1)OC2. The van der Waals surface area contributed by atoms with Crippen LogP contribution in [0.2, 0.25) is 0 Å². The fraction of sp³-hybridized carbons (Fsp3) is 0.295. The Balaban J connectivity index is 0.985. The predicted molar refractivity (Wildman–Crippen MR) is 362 cm³/mol. The summed E-state index contributed by atoms with van der Waals surface area (Å²) in [6.45, 7) is 19.8. The molecule has 0 N–H and O–H groups in total. The lowest BCUT2D eigenvalue weighted by Gasteiger charge is -2.16. The van der Waals surface area contributed by atoms with E-state index in [1.54, 1.807) is 18.2 Å². The first kappa shape index (κ1) is 68.0. The number of esters is 1. The Morgan fingerprint density at radius 2 is 0.617 bits per heavy atom. The van der Waals surface area contributed by atoms with Crippen LogP contribution in [0.3, 0.4) is 0 Å². The molecular weight excluding hydrogens is 1190 g/mol. The molecule has 16 nitrogen and oxygen atoms in total. The van der Waals surface area contributed by atoms with E-state index in [0.29, 0.717) is 196 Å². The first-order valence-corrected chi connectivity index (χ1v) is 31.8. The van der Waals surface area contributed by atoms with E-state index in [1.165, 1.54) is 7.11 Å². The highest BCUT2D eigenvalue weighted by Crippen LogP contribution is 2.34. The average molecular weight is 1280 g/mol. The molecule has 0 saturated carbocycles. The number of rotatable bonds is 23. The summed E-state index contributed by atoms with van der Waals surface area (Å²) in [6, 6.07) is 39.2. The quantitative estimate of drug-likeness (QED) is 0.0338. The molecule has 12 bridgehead atoms. The van der Waals surface area contributed by atoms with E-state index in [-0.39, 0.29) is 45.2 Å². The van der Waals surface area contributed by atoms with E-state index in [0.717, 1.165) is 22.3 Å². The Morgan fingerprint density at radius 1 is 0.340 bits per heavy atom. The van der Waals surface area contributed by atoms with Crippen LogP contribution in [0.5, 0.6) is 80.5 Å². The Labute approximate surface area is 552 Å². The number of benzene rings is 7. The molecule has 16 heteroatoms. The van der Waals surface area contributed by atoms with Crippen molar-refractivity contribution in [3.63, 3.8) is 0 Å². The van der Waals surface area contributed by atoms with Crippen LogP contribution in [-0.4, -0.2) is 65.9 Å². The smallest absolute Gasteiger partial charge is 0.338 e. The number of hydrogen-bond donors (Lipinski definition) is 0. The second kappa shape index (κ2) is 37.2. The van der Waals surface area contributed by atoms with Crippen LogP contribution < -0.4 is 66.3 Å². The first-order valence-electron chi connectivity index (χ1n) is 31.8. The van der Waals surface area contributed by atoms with Gasteiger partial charge in [-0.2, -0.15) is 0 Å². The average Bonchev–Trinajstić information content (AvgIpc) is 1.50. The Morgan fingerprint density at radius 3 is 0.894 bits per heavy atom. The molecule has 94 heavy (non-hydrogen) atoms. The van der Waals surface area contributed by atoms with Crippen LogP contribution in [0, 0.1) is 0 Å². The topological polar surface area (TPSA) is 156 Å². The van der Waals surface area contributed by atoms with E-state index in [1.807, 2.05) is 133 Å². The number of hydrogen-bond acceptors (Lipinski definition) is 16. The van der Waals surface area contributed by atoms with Gasteiger partial charge in [-0.05, 0) is 170 Å². The van der Waals surface area contributed by atoms with Crippen molar-refractivity contribution in [3.8, 4) is 80.5 Å². The summed E-state index contributed by atoms with van der Waals surface area (Å²) in [5.41, 5.74) is 4.97. The third-order valence-electron chi connectivity index (χ3n) is 14.3. The van der Waals surface area contributed by atoms with Gasteiger partial charge >= 0.3 is 5.97 Å². The third kappa shape index (κ3) is 23.1. The molecule has 9 rings (SSSR count). The Kier molecular flexibility index (Phi) is 26.9. The monoisotopic (exact) mass is 1280 g/mol. The highest BCUT2D eigenvalue weighted by atomic mass is 16.5. The van der Waals surface area contributed by atoms with Crippen molar-refractivity contribution in [1.82, 2.24) is 0 Å². The summed E-state index contributed by atoms with van der Waals surface area (Å²) in [4.78, 5) is 13.4. The zero-order valence-electron chi connectivity index (χ0n) is 53.7. The standard InChI is InChI=1S/C78H84O16/c1-6-10-22-81-64-30-57-34-68(44-64)85-26-18-14-15-19-27-86-69-35-58(31-65(45-69)82-23-11-7-2)52-90-73-39-61(38-72(48-73)89-51-57)55-93-76-42-63(78(79)80-5)43-77(50-76)94-56-62-40-74-49-75(41-62)92-54-60-33-67(84-25-13-9-4)47-71(37-60)88-29-21-17-16-20-28-87-70-36-59(53-91-74)32-66(46-70)83-24-12-8-3/h6-9,14-17,30-50H,1-4,10-13,18-29,51-56H2,5H3/b15-14+,17-16+. The lowest BCUT2D eigenvalue weighted by atomic mass is 10.1. The van der Waals surface area contributed by atoms with Crippen molar-refractivity contribution in [2.75, 3.05) is 60.0 Å². The van der Waals surface area contributed by atoms with E-state index in [2.05, 4.69) is 50.6 Å². The molecule has 0 saturated heterocycles. The van der Waals surface area contributed by atoms with Crippen LogP contribution in [-0.2, 0) is 44.4 Å². The molecule has 2 heterocycles. The molecule has 2 aliphatic heterocycles. The van der Waals surface area contributed by atoms with Crippen molar-refractivity contribution >= 4 is 5.97 Å². The maximum atomic E-state index is 13.4. The fourth-order valence-corrected chi connectivity index (χ4v) is 9.75. The van der Waals surface area contributed by atoms with E-state index in [9.17, 15) is 4.79 Å². The second-order valence-corrected chi connectivity index (χ2v) is 22.0. The van der Waals surface area contributed by atoms with Gasteiger partial charge in [-0.3, -0.25) is 0 Å². The number of carbonyl (C=O) groups excluding carboxylic acids is 1. The van der Waals surface area contributed by atoms with Crippen LogP contribution in [0.1, 0.15) is 95.1 Å². The normalized spacial score (nSPS) is 14.1. The van der Waals surface area contributed by atoms with Gasteiger partial charge in [-0.25, -0.2) is 4.79 Å². The second-order valence-electron chi connectivity index (χ2n) is 22.0. The van der Waals surface area contributed by atoms with Crippen LogP contribution in [0.15, 0.2) is 202 Å². The van der Waals surface area contributed by atoms with Gasteiger partial charge in [0.15, 0.2) is 0 Å². The fourth-order valence-electron chi connectivity index (χ4n) is 9.75. The van der Waals surface area contributed by atoms with Gasteiger partial charge < -0.3 is 71.1 Å². The summed E-state index contributed by atoms with van der Waals surface area (Å²) >= 11 is 0. The molecular formula is C78H84O16. The molecule has 0 aliphatic carbocycles. The molecule has 0 fully saturated rings. The molecule has 0 amide bonds. The van der Waals surface area contributed by atoms with Gasteiger partial charge in [-0.15, -0.1) is 26.3 Å². The summed E-state index contributed by atoms with van der Waals surface area (Å²) in [5.74, 6) is 7.40. The number of ether oxygens (including phenoxy) is 15. The number of carbonyl (C=O) groups is 1. The van der Waals surface area contributed by atoms with Crippen molar-refractivity contribution in [2.24, 2.45) is 0 Å². The highest BCUT2D eigenvalue weighted by molar-refractivity contribution is 5.90. The van der Waals surface area contributed by atoms with Crippen molar-refractivity contribution in [3.05, 3.63) is 241 Å². The van der Waals surface area contributed by atoms with Gasteiger partial charge in [0, 0.05) is 42.5 Å². The molecule has 0 radical (unpaired) electrons. The maximum Gasteiger partial charge on any atom is 0.338 e. The Hall–Kier alpha value is -10.4. The number of methoxy groups -OCH3 is 1. The maximum absolute atomic E-state index is 13.4. The van der Waals surface area contributed by atoms with Gasteiger partial charge in [-0.1, -0.05) is 48.6 Å². The highest BCUT2D eigenvalue weighted by Gasteiger charge is 2.17. The van der Waals surface area contributed by atoms with E-state index in [4.69, 9.17) is 71.1 Å².